The number of aromatic nitrogens is 3. The zero-order valence-corrected chi connectivity index (χ0v) is 17.6. The Hall–Kier alpha value is -3.19. The Morgan fingerprint density at radius 3 is 2.77 bits per heavy atom. The molecule has 1 atom stereocenters. The fourth-order valence-electron chi connectivity index (χ4n) is 3.94. The van der Waals surface area contributed by atoms with Gasteiger partial charge in [0.1, 0.15) is 11.6 Å². The summed E-state index contributed by atoms with van der Waals surface area (Å²) >= 11 is 0. The lowest BCUT2D eigenvalue weighted by Gasteiger charge is -2.32. The summed E-state index contributed by atoms with van der Waals surface area (Å²) in [6.45, 7) is 4.98. The van der Waals surface area contributed by atoms with Gasteiger partial charge < -0.3 is 5.32 Å². The Kier molecular flexibility index (Phi) is 6.62. The van der Waals surface area contributed by atoms with E-state index in [2.05, 4.69) is 31.2 Å². The van der Waals surface area contributed by atoms with Crippen molar-refractivity contribution in [2.75, 3.05) is 13.1 Å². The number of likely N-dealkylation sites (tertiary alicyclic amines) is 1. The summed E-state index contributed by atoms with van der Waals surface area (Å²) in [5.41, 5.74) is 3.18. The van der Waals surface area contributed by atoms with Crippen LogP contribution < -0.4 is 5.32 Å². The molecule has 1 aromatic carbocycles. The Morgan fingerprint density at radius 1 is 1.19 bits per heavy atom. The third-order valence-corrected chi connectivity index (χ3v) is 5.61. The first-order valence-electron chi connectivity index (χ1n) is 10.6. The number of pyridine rings is 1. The van der Waals surface area contributed by atoms with E-state index in [-0.39, 0.29) is 17.6 Å². The van der Waals surface area contributed by atoms with Crippen molar-refractivity contribution in [2.45, 2.75) is 38.8 Å². The van der Waals surface area contributed by atoms with Gasteiger partial charge >= 0.3 is 0 Å². The SMILES string of the molecule is Cc1nc(C2CCCN(Cc3cccnc3)C2)ncc1C(=O)NCc1ccc(F)cc1. The van der Waals surface area contributed by atoms with Gasteiger partial charge in [-0.05, 0) is 55.6 Å². The summed E-state index contributed by atoms with van der Waals surface area (Å²) in [7, 11) is 0. The third kappa shape index (κ3) is 5.49. The van der Waals surface area contributed by atoms with Crippen LogP contribution in [0.3, 0.4) is 0 Å². The molecule has 1 fully saturated rings. The van der Waals surface area contributed by atoms with Gasteiger partial charge in [0.15, 0.2) is 0 Å². The lowest BCUT2D eigenvalue weighted by atomic mass is 9.96. The van der Waals surface area contributed by atoms with Crippen LogP contribution in [0.25, 0.3) is 0 Å². The Labute approximate surface area is 181 Å². The summed E-state index contributed by atoms with van der Waals surface area (Å²) in [5, 5.41) is 2.85. The number of benzene rings is 1. The molecule has 7 heteroatoms. The van der Waals surface area contributed by atoms with Crippen molar-refractivity contribution in [2.24, 2.45) is 0 Å². The molecule has 0 spiro atoms. The lowest BCUT2D eigenvalue weighted by molar-refractivity contribution is 0.0949. The predicted octanol–water partition coefficient (Wildman–Crippen LogP) is 3.63. The number of nitrogens with zero attached hydrogens (tertiary/aromatic N) is 4. The molecule has 4 rings (SSSR count). The van der Waals surface area contributed by atoms with E-state index in [0.717, 1.165) is 43.9 Å². The number of carbonyl (C=O) groups excluding carboxylic acids is 1. The molecule has 1 aliphatic rings. The van der Waals surface area contributed by atoms with Gasteiger partial charge in [-0.25, -0.2) is 14.4 Å². The summed E-state index contributed by atoms with van der Waals surface area (Å²) in [5.74, 6) is 0.524. The molecule has 31 heavy (non-hydrogen) atoms. The average Bonchev–Trinajstić information content (AvgIpc) is 2.79. The van der Waals surface area contributed by atoms with E-state index in [0.29, 0.717) is 17.8 Å². The number of carbonyl (C=O) groups is 1. The first-order valence-corrected chi connectivity index (χ1v) is 10.6. The molecule has 3 aromatic rings. The molecule has 1 saturated heterocycles. The fraction of sp³-hybridized carbons (Fsp3) is 0.333. The smallest absolute Gasteiger partial charge is 0.254 e. The van der Waals surface area contributed by atoms with E-state index in [1.807, 2.05) is 19.2 Å². The number of hydrogen-bond acceptors (Lipinski definition) is 5. The van der Waals surface area contributed by atoms with Crippen molar-refractivity contribution >= 4 is 5.91 Å². The minimum atomic E-state index is -0.295. The van der Waals surface area contributed by atoms with Gasteiger partial charge in [0, 0.05) is 44.1 Å². The second kappa shape index (κ2) is 9.75. The van der Waals surface area contributed by atoms with Crippen molar-refractivity contribution in [3.63, 3.8) is 0 Å². The molecule has 1 amide bonds. The largest absolute Gasteiger partial charge is 0.348 e. The highest BCUT2D eigenvalue weighted by Gasteiger charge is 2.24. The highest BCUT2D eigenvalue weighted by Crippen LogP contribution is 2.26. The average molecular weight is 420 g/mol. The maximum absolute atomic E-state index is 13.0. The van der Waals surface area contributed by atoms with E-state index in [1.165, 1.54) is 17.7 Å². The van der Waals surface area contributed by atoms with E-state index < -0.39 is 0 Å². The van der Waals surface area contributed by atoms with Gasteiger partial charge in [0.05, 0.1) is 11.3 Å². The van der Waals surface area contributed by atoms with Gasteiger partial charge in [0.25, 0.3) is 5.91 Å². The zero-order valence-electron chi connectivity index (χ0n) is 17.6. The van der Waals surface area contributed by atoms with Crippen LogP contribution in [0.1, 0.15) is 51.8 Å². The number of nitrogens with one attached hydrogen (secondary N) is 1. The van der Waals surface area contributed by atoms with Crippen LogP contribution in [-0.4, -0.2) is 38.8 Å². The molecular weight excluding hydrogens is 393 g/mol. The Morgan fingerprint density at radius 2 is 2.03 bits per heavy atom. The number of halogens is 1. The molecule has 0 radical (unpaired) electrons. The highest BCUT2D eigenvalue weighted by molar-refractivity contribution is 5.94. The zero-order chi connectivity index (χ0) is 21.6. The second-order valence-corrected chi connectivity index (χ2v) is 7.97. The number of aryl methyl sites for hydroxylation is 1. The highest BCUT2D eigenvalue weighted by atomic mass is 19.1. The standard InChI is InChI=1S/C24H26FN5O/c1-17-22(24(31)28-13-18-6-8-21(25)9-7-18)14-27-23(29-17)20-5-3-11-30(16-20)15-19-4-2-10-26-12-19/h2,4,6-10,12,14,20H,3,5,11,13,15-16H2,1H3,(H,28,31). The fourth-order valence-corrected chi connectivity index (χ4v) is 3.94. The normalized spacial score (nSPS) is 16.8. The third-order valence-electron chi connectivity index (χ3n) is 5.61. The first-order chi connectivity index (χ1) is 15.1. The molecule has 1 N–H and O–H groups in total. The molecule has 0 aliphatic carbocycles. The van der Waals surface area contributed by atoms with Crippen molar-refractivity contribution in [3.05, 3.63) is 89.0 Å². The lowest BCUT2D eigenvalue weighted by Crippen LogP contribution is -2.34. The van der Waals surface area contributed by atoms with Gasteiger partial charge in [-0.1, -0.05) is 18.2 Å². The molecule has 1 unspecified atom stereocenters. The van der Waals surface area contributed by atoms with E-state index in [1.54, 1.807) is 24.5 Å². The summed E-state index contributed by atoms with van der Waals surface area (Å²) in [6, 6.07) is 10.1. The maximum Gasteiger partial charge on any atom is 0.254 e. The molecule has 2 aromatic heterocycles. The monoisotopic (exact) mass is 419 g/mol. The van der Waals surface area contributed by atoms with Crippen LogP contribution in [0.4, 0.5) is 4.39 Å². The predicted molar refractivity (Wildman–Crippen MR) is 116 cm³/mol. The summed E-state index contributed by atoms with van der Waals surface area (Å²) < 4.78 is 13.0. The van der Waals surface area contributed by atoms with Crippen molar-refractivity contribution in [1.29, 1.82) is 0 Å². The van der Waals surface area contributed by atoms with Crippen LogP contribution in [0.2, 0.25) is 0 Å². The number of hydrogen-bond donors (Lipinski definition) is 1. The first kappa shape index (κ1) is 21.1. The molecule has 0 bridgehead atoms. The number of piperidine rings is 1. The minimum absolute atomic E-state index is 0.227. The van der Waals surface area contributed by atoms with Crippen molar-refractivity contribution in [3.8, 4) is 0 Å². The van der Waals surface area contributed by atoms with Gasteiger partial charge in [0.2, 0.25) is 0 Å². The molecule has 6 nitrogen and oxygen atoms in total. The molecule has 160 valence electrons. The Balaban J connectivity index is 1.38. The van der Waals surface area contributed by atoms with Crippen LogP contribution in [0, 0.1) is 12.7 Å². The van der Waals surface area contributed by atoms with E-state index >= 15 is 0 Å². The van der Waals surface area contributed by atoms with Gasteiger partial charge in [-0.3, -0.25) is 14.7 Å². The van der Waals surface area contributed by atoms with E-state index in [4.69, 9.17) is 0 Å². The van der Waals surface area contributed by atoms with Crippen molar-refractivity contribution < 1.29 is 9.18 Å². The van der Waals surface area contributed by atoms with Crippen LogP contribution >= 0.6 is 0 Å². The van der Waals surface area contributed by atoms with Gasteiger partial charge in [-0.15, -0.1) is 0 Å². The summed E-state index contributed by atoms with van der Waals surface area (Å²) in [4.78, 5) is 28.4. The summed E-state index contributed by atoms with van der Waals surface area (Å²) in [6.07, 6.45) is 7.45. The number of rotatable bonds is 6. The maximum atomic E-state index is 13.0. The van der Waals surface area contributed by atoms with Crippen LogP contribution in [-0.2, 0) is 13.1 Å². The van der Waals surface area contributed by atoms with E-state index in [9.17, 15) is 9.18 Å². The second-order valence-electron chi connectivity index (χ2n) is 7.97. The van der Waals surface area contributed by atoms with Crippen molar-refractivity contribution in [1.82, 2.24) is 25.2 Å². The molecule has 1 aliphatic heterocycles. The van der Waals surface area contributed by atoms with Crippen LogP contribution in [0.5, 0.6) is 0 Å². The molecular formula is C24H26FN5O. The molecule has 0 saturated carbocycles. The minimum Gasteiger partial charge on any atom is -0.348 e. The van der Waals surface area contributed by atoms with Crippen LogP contribution in [0.15, 0.2) is 55.0 Å². The Bertz CT molecular complexity index is 1030. The quantitative estimate of drug-likeness (QED) is 0.661. The molecule has 3 heterocycles. The number of amides is 1. The van der Waals surface area contributed by atoms with Gasteiger partial charge in [-0.2, -0.15) is 0 Å². The topological polar surface area (TPSA) is 71.0 Å².